The molecule has 1 saturated carbocycles. The fourth-order valence-electron chi connectivity index (χ4n) is 2.82. The van der Waals surface area contributed by atoms with E-state index < -0.39 is 0 Å². The van der Waals surface area contributed by atoms with Gasteiger partial charge in [0.15, 0.2) is 0 Å². The minimum atomic E-state index is 0.824. The zero-order valence-corrected chi connectivity index (χ0v) is 12.3. The van der Waals surface area contributed by atoms with Gasteiger partial charge in [0.25, 0.3) is 0 Å². The van der Waals surface area contributed by atoms with Crippen LogP contribution in [0.1, 0.15) is 12.8 Å². The van der Waals surface area contributed by atoms with E-state index in [-0.39, 0.29) is 0 Å². The third kappa shape index (κ3) is 3.44. The zero-order chi connectivity index (χ0) is 13.8. The summed E-state index contributed by atoms with van der Waals surface area (Å²) in [4.78, 5) is 4.99. The van der Waals surface area contributed by atoms with Gasteiger partial charge in [-0.15, -0.1) is 0 Å². The number of ether oxygens (including phenoxy) is 1. The van der Waals surface area contributed by atoms with E-state index >= 15 is 0 Å². The Hall–Kier alpha value is -1.26. The summed E-state index contributed by atoms with van der Waals surface area (Å²) >= 11 is 0. The quantitative estimate of drug-likeness (QED) is 0.853. The Kier molecular flexibility index (Phi) is 4.43. The van der Waals surface area contributed by atoms with E-state index in [4.69, 9.17) is 4.74 Å². The van der Waals surface area contributed by atoms with Gasteiger partial charge in [0.2, 0.25) is 0 Å². The van der Waals surface area contributed by atoms with E-state index in [9.17, 15) is 0 Å². The van der Waals surface area contributed by atoms with Crippen LogP contribution in [0, 0.1) is 0 Å². The SMILES string of the molecule is COc1ccccc1N1CCN(CCNC2CC2)CC1. The van der Waals surface area contributed by atoms with Crippen molar-refractivity contribution in [3.63, 3.8) is 0 Å². The molecule has 0 bridgehead atoms. The molecule has 1 aromatic carbocycles. The first kappa shape index (κ1) is 13.7. The summed E-state index contributed by atoms with van der Waals surface area (Å²) in [6.45, 7) is 6.78. The molecule has 0 aromatic heterocycles. The van der Waals surface area contributed by atoms with Gasteiger partial charge < -0.3 is 15.0 Å². The van der Waals surface area contributed by atoms with Gasteiger partial charge >= 0.3 is 0 Å². The summed E-state index contributed by atoms with van der Waals surface area (Å²) in [5.41, 5.74) is 1.23. The van der Waals surface area contributed by atoms with E-state index in [0.29, 0.717) is 0 Å². The highest BCUT2D eigenvalue weighted by Gasteiger charge is 2.22. The first-order chi connectivity index (χ1) is 9.86. The predicted molar refractivity (Wildman–Crippen MR) is 82.7 cm³/mol. The number of hydrogen-bond acceptors (Lipinski definition) is 4. The average molecular weight is 275 g/mol. The van der Waals surface area contributed by atoms with Gasteiger partial charge in [0.05, 0.1) is 12.8 Å². The molecule has 3 rings (SSSR count). The van der Waals surface area contributed by atoms with Crippen LogP contribution in [0.3, 0.4) is 0 Å². The van der Waals surface area contributed by atoms with Crippen molar-refractivity contribution in [2.45, 2.75) is 18.9 Å². The highest BCUT2D eigenvalue weighted by molar-refractivity contribution is 5.58. The van der Waals surface area contributed by atoms with Crippen molar-refractivity contribution in [3.05, 3.63) is 24.3 Å². The van der Waals surface area contributed by atoms with Crippen molar-refractivity contribution in [2.24, 2.45) is 0 Å². The Morgan fingerprint density at radius 2 is 1.90 bits per heavy atom. The maximum Gasteiger partial charge on any atom is 0.142 e. The lowest BCUT2D eigenvalue weighted by molar-refractivity contribution is 0.256. The van der Waals surface area contributed by atoms with E-state index in [1.54, 1.807) is 7.11 Å². The monoisotopic (exact) mass is 275 g/mol. The second-order valence-electron chi connectivity index (χ2n) is 5.73. The van der Waals surface area contributed by atoms with Crippen LogP contribution in [0.4, 0.5) is 5.69 Å². The van der Waals surface area contributed by atoms with E-state index in [1.807, 2.05) is 12.1 Å². The van der Waals surface area contributed by atoms with Crippen LogP contribution in [-0.2, 0) is 0 Å². The summed E-state index contributed by atoms with van der Waals surface area (Å²) in [6.07, 6.45) is 2.75. The van der Waals surface area contributed by atoms with Gasteiger partial charge in [-0.3, -0.25) is 4.90 Å². The second kappa shape index (κ2) is 6.46. The van der Waals surface area contributed by atoms with E-state index in [1.165, 1.54) is 25.1 Å². The largest absolute Gasteiger partial charge is 0.495 e. The molecule has 0 amide bonds. The van der Waals surface area contributed by atoms with Crippen molar-refractivity contribution >= 4 is 5.69 Å². The molecule has 4 heteroatoms. The third-order valence-corrected chi connectivity index (χ3v) is 4.24. The average Bonchev–Trinajstić information content (AvgIpc) is 3.32. The van der Waals surface area contributed by atoms with Crippen molar-refractivity contribution in [1.82, 2.24) is 10.2 Å². The van der Waals surface area contributed by atoms with Crippen LogP contribution in [0.5, 0.6) is 5.75 Å². The fraction of sp³-hybridized carbons (Fsp3) is 0.625. The third-order valence-electron chi connectivity index (χ3n) is 4.24. The number of benzene rings is 1. The molecule has 0 radical (unpaired) electrons. The summed E-state index contributed by atoms with van der Waals surface area (Å²) in [6, 6.07) is 9.14. The van der Waals surface area contributed by atoms with Gasteiger partial charge in [-0.25, -0.2) is 0 Å². The highest BCUT2D eigenvalue weighted by Crippen LogP contribution is 2.28. The van der Waals surface area contributed by atoms with Crippen LogP contribution < -0.4 is 15.0 Å². The fourth-order valence-corrected chi connectivity index (χ4v) is 2.82. The van der Waals surface area contributed by atoms with E-state index in [2.05, 4.69) is 27.2 Å². The summed E-state index contributed by atoms with van der Waals surface area (Å²) < 4.78 is 5.46. The lowest BCUT2D eigenvalue weighted by Gasteiger charge is -2.36. The summed E-state index contributed by atoms with van der Waals surface area (Å²) in [5.74, 6) is 0.983. The minimum Gasteiger partial charge on any atom is -0.495 e. The van der Waals surface area contributed by atoms with Crippen LogP contribution >= 0.6 is 0 Å². The molecular formula is C16H25N3O. The molecule has 4 nitrogen and oxygen atoms in total. The number of nitrogens with zero attached hydrogens (tertiary/aromatic N) is 2. The smallest absolute Gasteiger partial charge is 0.142 e. The molecule has 0 unspecified atom stereocenters. The summed E-state index contributed by atoms with van der Waals surface area (Å²) in [7, 11) is 1.75. The van der Waals surface area contributed by atoms with Gasteiger partial charge in [0.1, 0.15) is 5.75 Å². The molecular weight excluding hydrogens is 250 g/mol. The van der Waals surface area contributed by atoms with Crippen molar-refractivity contribution in [3.8, 4) is 5.75 Å². The molecule has 20 heavy (non-hydrogen) atoms. The molecule has 110 valence electrons. The summed E-state index contributed by atoms with van der Waals surface area (Å²) in [5, 5.41) is 3.59. The molecule has 2 aliphatic rings. The van der Waals surface area contributed by atoms with Gasteiger partial charge in [-0.05, 0) is 25.0 Å². The number of hydrogen-bond donors (Lipinski definition) is 1. The molecule has 0 atom stereocenters. The van der Waals surface area contributed by atoms with Crippen LogP contribution in [0.2, 0.25) is 0 Å². The molecule has 2 fully saturated rings. The maximum absolute atomic E-state index is 5.46. The van der Waals surface area contributed by atoms with Crippen molar-refractivity contribution in [2.75, 3.05) is 51.3 Å². The molecule has 0 spiro atoms. The number of para-hydroxylation sites is 2. The normalized spacial score (nSPS) is 20.1. The molecule has 1 N–H and O–H groups in total. The Morgan fingerprint density at radius 3 is 2.60 bits per heavy atom. The standard InChI is InChI=1S/C16H25N3O/c1-20-16-5-3-2-4-15(16)19-12-10-18(11-13-19)9-8-17-14-6-7-14/h2-5,14,17H,6-13H2,1H3. The topological polar surface area (TPSA) is 27.7 Å². The number of anilines is 1. The van der Waals surface area contributed by atoms with Crippen LogP contribution in [0.15, 0.2) is 24.3 Å². The first-order valence-corrected chi connectivity index (χ1v) is 7.70. The van der Waals surface area contributed by atoms with Crippen molar-refractivity contribution in [1.29, 1.82) is 0 Å². The molecule has 1 aromatic rings. The maximum atomic E-state index is 5.46. The lowest BCUT2D eigenvalue weighted by atomic mass is 10.2. The van der Waals surface area contributed by atoms with Crippen molar-refractivity contribution < 1.29 is 4.74 Å². The second-order valence-corrected chi connectivity index (χ2v) is 5.73. The molecule has 1 heterocycles. The molecule has 1 saturated heterocycles. The number of methoxy groups -OCH3 is 1. The Balaban J connectivity index is 1.47. The van der Waals surface area contributed by atoms with Crippen LogP contribution in [-0.4, -0.2) is 57.3 Å². The number of rotatable bonds is 6. The molecule has 1 aliphatic heterocycles. The highest BCUT2D eigenvalue weighted by atomic mass is 16.5. The van der Waals surface area contributed by atoms with Gasteiger partial charge in [-0.2, -0.15) is 0 Å². The number of nitrogens with one attached hydrogen (secondary N) is 1. The minimum absolute atomic E-state index is 0.824. The number of piperazine rings is 1. The lowest BCUT2D eigenvalue weighted by Crippen LogP contribution is -2.48. The Labute approximate surface area is 121 Å². The Bertz CT molecular complexity index is 425. The molecule has 1 aliphatic carbocycles. The van der Waals surface area contributed by atoms with Gasteiger partial charge in [-0.1, -0.05) is 12.1 Å². The predicted octanol–water partition coefficient (Wildman–Crippen LogP) is 1.57. The van der Waals surface area contributed by atoms with Crippen LogP contribution in [0.25, 0.3) is 0 Å². The first-order valence-electron chi connectivity index (χ1n) is 7.70. The van der Waals surface area contributed by atoms with E-state index in [0.717, 1.165) is 44.5 Å². The zero-order valence-electron chi connectivity index (χ0n) is 12.3. The van der Waals surface area contributed by atoms with Gasteiger partial charge in [0, 0.05) is 45.3 Å². The Morgan fingerprint density at radius 1 is 1.15 bits per heavy atom.